The number of hydrogen-bond acceptors (Lipinski definition) is 3. The molecule has 0 aliphatic rings. The summed E-state index contributed by atoms with van der Waals surface area (Å²) in [6.07, 6.45) is 2.13. The Morgan fingerprint density at radius 2 is 2.18 bits per heavy atom. The van der Waals surface area contributed by atoms with Crippen LogP contribution in [0.25, 0.3) is 10.9 Å². The van der Waals surface area contributed by atoms with Crippen molar-refractivity contribution in [2.75, 3.05) is 11.9 Å². The van der Waals surface area contributed by atoms with Gasteiger partial charge < -0.3 is 14.4 Å². The van der Waals surface area contributed by atoms with Crippen molar-refractivity contribution in [2.24, 2.45) is 0 Å². The van der Waals surface area contributed by atoms with Gasteiger partial charge in [-0.3, -0.25) is 4.79 Å². The van der Waals surface area contributed by atoms with Crippen LogP contribution in [-0.2, 0) is 11.2 Å². The lowest BCUT2D eigenvalue weighted by molar-refractivity contribution is -0.117. The molecule has 6 heteroatoms. The van der Waals surface area contributed by atoms with Crippen molar-refractivity contribution in [1.82, 2.24) is 10.1 Å². The number of aromatic nitrogens is 2. The van der Waals surface area contributed by atoms with E-state index in [4.69, 9.17) is 16.1 Å². The van der Waals surface area contributed by atoms with Crippen molar-refractivity contribution in [2.45, 2.75) is 20.3 Å². The second-order valence-corrected chi connectivity index (χ2v) is 5.74. The lowest BCUT2D eigenvalue weighted by atomic mass is 10.1. The minimum Gasteiger partial charge on any atom is -0.361 e. The maximum Gasteiger partial charge on any atom is 0.231 e. The van der Waals surface area contributed by atoms with E-state index in [9.17, 15) is 4.79 Å². The van der Waals surface area contributed by atoms with Crippen LogP contribution in [0.3, 0.4) is 0 Å². The Hall–Kier alpha value is -2.27. The molecule has 0 saturated heterocycles. The Labute approximate surface area is 132 Å². The van der Waals surface area contributed by atoms with Crippen LogP contribution in [0.2, 0.25) is 5.02 Å². The number of carbonyl (C=O) groups excluding carboxylic acids is 1. The first-order valence-corrected chi connectivity index (χ1v) is 7.30. The molecule has 0 atom stereocenters. The topological polar surface area (TPSA) is 62.1 Å². The number of rotatable bonds is 3. The molecule has 0 aliphatic carbocycles. The maximum atomic E-state index is 12.6. The number of halogens is 1. The lowest BCUT2D eigenvalue weighted by Crippen LogP contribution is -2.28. The summed E-state index contributed by atoms with van der Waals surface area (Å²) in [5.41, 5.74) is 3.31. The number of amides is 1. The fraction of sp³-hybridized carbons (Fsp3) is 0.250. The van der Waals surface area contributed by atoms with Gasteiger partial charge in [0.25, 0.3) is 0 Å². The van der Waals surface area contributed by atoms with Crippen LogP contribution in [0, 0.1) is 13.8 Å². The van der Waals surface area contributed by atoms with E-state index < -0.39 is 0 Å². The summed E-state index contributed by atoms with van der Waals surface area (Å²) in [7, 11) is 1.73. The highest BCUT2D eigenvalue weighted by molar-refractivity contribution is 6.31. The number of fused-ring (bicyclic) bond motifs is 1. The molecule has 0 saturated carbocycles. The molecular formula is C16H16ClN3O2. The quantitative estimate of drug-likeness (QED) is 0.802. The molecule has 0 fully saturated rings. The van der Waals surface area contributed by atoms with Crippen LogP contribution in [-0.4, -0.2) is 23.1 Å². The predicted octanol–water partition coefficient (Wildman–Crippen LogP) is 3.63. The van der Waals surface area contributed by atoms with Crippen molar-refractivity contribution < 1.29 is 9.32 Å². The van der Waals surface area contributed by atoms with Gasteiger partial charge in [-0.15, -0.1) is 0 Å². The molecule has 2 heterocycles. The number of hydrogen-bond donors (Lipinski definition) is 1. The predicted molar refractivity (Wildman–Crippen MR) is 86.4 cm³/mol. The molecule has 5 nitrogen and oxygen atoms in total. The number of aromatic amines is 1. The van der Waals surface area contributed by atoms with Gasteiger partial charge in [-0.25, -0.2) is 0 Å². The molecule has 0 unspecified atom stereocenters. The van der Waals surface area contributed by atoms with E-state index in [0.717, 1.165) is 22.2 Å². The van der Waals surface area contributed by atoms with Crippen LogP contribution in [0.4, 0.5) is 5.69 Å². The van der Waals surface area contributed by atoms with Crippen LogP contribution in [0.15, 0.2) is 28.9 Å². The van der Waals surface area contributed by atoms with E-state index in [1.165, 1.54) is 0 Å². The van der Waals surface area contributed by atoms with Crippen LogP contribution in [0.1, 0.15) is 17.0 Å². The number of nitrogens with one attached hydrogen (secondary N) is 1. The molecule has 0 bridgehead atoms. The molecule has 0 aliphatic heterocycles. The Morgan fingerprint density at radius 3 is 2.86 bits per heavy atom. The van der Waals surface area contributed by atoms with Crippen LogP contribution in [0.5, 0.6) is 0 Å². The SMILES string of the molecule is Cc1noc(C)c1N(C)C(=O)Cc1c[nH]c2ccc(Cl)cc12. The average molecular weight is 318 g/mol. The average Bonchev–Trinajstić information content (AvgIpc) is 3.02. The Morgan fingerprint density at radius 1 is 1.41 bits per heavy atom. The first-order valence-electron chi connectivity index (χ1n) is 6.92. The van der Waals surface area contributed by atoms with Gasteiger partial charge in [0.05, 0.1) is 6.42 Å². The smallest absolute Gasteiger partial charge is 0.231 e. The first kappa shape index (κ1) is 14.7. The molecule has 1 N–H and O–H groups in total. The number of anilines is 1. The summed E-state index contributed by atoms with van der Waals surface area (Å²) >= 11 is 6.04. The van der Waals surface area contributed by atoms with E-state index in [1.807, 2.05) is 31.3 Å². The molecule has 1 amide bonds. The van der Waals surface area contributed by atoms with Crippen LogP contribution < -0.4 is 4.90 Å². The van der Waals surface area contributed by atoms with Crippen molar-refractivity contribution in [3.8, 4) is 0 Å². The summed E-state index contributed by atoms with van der Waals surface area (Å²) in [5, 5.41) is 5.50. The summed E-state index contributed by atoms with van der Waals surface area (Å²) in [4.78, 5) is 17.3. The zero-order chi connectivity index (χ0) is 15.9. The summed E-state index contributed by atoms with van der Waals surface area (Å²) in [5.74, 6) is 0.602. The number of likely N-dealkylation sites (N-methyl/N-ethyl adjacent to an activating group) is 1. The number of carbonyl (C=O) groups is 1. The molecule has 1 aromatic carbocycles. The second-order valence-electron chi connectivity index (χ2n) is 5.31. The van der Waals surface area contributed by atoms with Gasteiger partial charge in [-0.05, 0) is 37.6 Å². The molecule has 114 valence electrons. The Balaban J connectivity index is 1.88. The second kappa shape index (κ2) is 5.50. The molecule has 3 rings (SSSR count). The van der Waals surface area contributed by atoms with Gasteiger partial charge in [-0.1, -0.05) is 16.8 Å². The third-order valence-electron chi connectivity index (χ3n) is 3.78. The van der Waals surface area contributed by atoms with E-state index in [-0.39, 0.29) is 12.3 Å². The van der Waals surface area contributed by atoms with Crippen molar-refractivity contribution in [3.05, 3.63) is 46.4 Å². The zero-order valence-corrected chi connectivity index (χ0v) is 13.4. The van der Waals surface area contributed by atoms with E-state index >= 15 is 0 Å². The largest absolute Gasteiger partial charge is 0.361 e. The molecule has 0 radical (unpaired) electrons. The summed E-state index contributed by atoms with van der Waals surface area (Å²) in [6.45, 7) is 3.62. The molecule has 3 aromatic rings. The van der Waals surface area contributed by atoms with Crippen LogP contribution >= 0.6 is 11.6 Å². The highest BCUT2D eigenvalue weighted by Crippen LogP contribution is 2.26. The summed E-state index contributed by atoms with van der Waals surface area (Å²) in [6, 6.07) is 5.59. The number of nitrogens with zero attached hydrogens (tertiary/aromatic N) is 2. The normalized spacial score (nSPS) is 11.1. The Kier molecular flexibility index (Phi) is 3.66. The standard InChI is InChI=1S/C16H16ClN3O2/c1-9-16(10(2)22-19-9)20(3)15(21)6-11-8-18-14-5-4-12(17)7-13(11)14/h4-5,7-8,18H,6H2,1-3H3. The number of H-pyrrole nitrogens is 1. The summed E-state index contributed by atoms with van der Waals surface area (Å²) < 4.78 is 5.12. The highest BCUT2D eigenvalue weighted by Gasteiger charge is 2.20. The maximum absolute atomic E-state index is 12.6. The van der Waals surface area contributed by atoms with E-state index in [2.05, 4.69) is 10.1 Å². The van der Waals surface area contributed by atoms with E-state index in [0.29, 0.717) is 16.5 Å². The highest BCUT2D eigenvalue weighted by atomic mass is 35.5. The molecule has 2 aromatic heterocycles. The third kappa shape index (κ3) is 2.48. The molecular weight excluding hydrogens is 302 g/mol. The van der Waals surface area contributed by atoms with Crippen molar-refractivity contribution >= 4 is 34.1 Å². The molecule has 0 spiro atoms. The molecule has 22 heavy (non-hydrogen) atoms. The van der Waals surface area contributed by atoms with Gasteiger partial charge >= 0.3 is 0 Å². The van der Waals surface area contributed by atoms with Crippen molar-refractivity contribution in [3.63, 3.8) is 0 Å². The van der Waals surface area contributed by atoms with Gasteiger partial charge in [0, 0.05) is 29.2 Å². The fourth-order valence-corrected chi connectivity index (χ4v) is 2.83. The van der Waals surface area contributed by atoms with Gasteiger partial charge in [0.2, 0.25) is 5.91 Å². The van der Waals surface area contributed by atoms with E-state index in [1.54, 1.807) is 18.9 Å². The third-order valence-corrected chi connectivity index (χ3v) is 4.01. The fourth-order valence-electron chi connectivity index (χ4n) is 2.66. The van der Waals surface area contributed by atoms with Gasteiger partial charge in [-0.2, -0.15) is 0 Å². The Bertz CT molecular complexity index is 831. The zero-order valence-electron chi connectivity index (χ0n) is 12.6. The monoisotopic (exact) mass is 317 g/mol. The van der Waals surface area contributed by atoms with Gasteiger partial charge in [0.15, 0.2) is 5.76 Å². The van der Waals surface area contributed by atoms with Gasteiger partial charge in [0.1, 0.15) is 11.4 Å². The minimum atomic E-state index is -0.0322. The minimum absolute atomic E-state index is 0.0322. The number of benzene rings is 1. The lowest BCUT2D eigenvalue weighted by Gasteiger charge is -2.16. The van der Waals surface area contributed by atoms with Crippen molar-refractivity contribution in [1.29, 1.82) is 0 Å². The first-order chi connectivity index (χ1) is 10.5. The number of aryl methyl sites for hydroxylation is 2.